The van der Waals surface area contributed by atoms with E-state index in [4.69, 9.17) is 4.74 Å². The molecular formula is C22H32N2O2. The summed E-state index contributed by atoms with van der Waals surface area (Å²) in [6.45, 7) is 9.33. The van der Waals surface area contributed by atoms with Gasteiger partial charge in [-0.2, -0.15) is 0 Å². The van der Waals surface area contributed by atoms with Crippen molar-refractivity contribution in [2.24, 2.45) is 0 Å². The van der Waals surface area contributed by atoms with Crippen LogP contribution < -0.4 is 0 Å². The van der Waals surface area contributed by atoms with Crippen molar-refractivity contribution in [3.05, 3.63) is 54.1 Å². The van der Waals surface area contributed by atoms with E-state index in [2.05, 4.69) is 56.9 Å². The zero-order valence-corrected chi connectivity index (χ0v) is 16.6. The molecule has 4 heteroatoms. The van der Waals surface area contributed by atoms with Crippen molar-refractivity contribution in [2.45, 2.75) is 77.9 Å². The Kier molecular flexibility index (Phi) is 7.43. The third kappa shape index (κ3) is 6.32. The van der Waals surface area contributed by atoms with E-state index in [0.29, 0.717) is 13.0 Å². The molecule has 0 saturated heterocycles. The highest BCUT2D eigenvalue weighted by Crippen LogP contribution is 2.26. The van der Waals surface area contributed by atoms with Crippen molar-refractivity contribution in [3.8, 4) is 0 Å². The van der Waals surface area contributed by atoms with Crippen molar-refractivity contribution in [2.75, 3.05) is 0 Å². The minimum absolute atomic E-state index is 0.105. The summed E-state index contributed by atoms with van der Waals surface area (Å²) < 4.78 is 7.78. The summed E-state index contributed by atoms with van der Waals surface area (Å²) in [4.78, 5) is 16.4. The second kappa shape index (κ2) is 9.56. The summed E-state index contributed by atoms with van der Waals surface area (Å²) in [7, 11) is 0. The molecule has 4 nitrogen and oxygen atoms in total. The first-order chi connectivity index (χ1) is 12.4. The van der Waals surface area contributed by atoms with Gasteiger partial charge in [0.15, 0.2) is 0 Å². The van der Waals surface area contributed by atoms with Gasteiger partial charge in [-0.25, -0.2) is 4.98 Å². The van der Waals surface area contributed by atoms with Crippen LogP contribution >= 0.6 is 0 Å². The average molecular weight is 357 g/mol. The summed E-state index contributed by atoms with van der Waals surface area (Å²) in [5.41, 5.74) is 2.40. The van der Waals surface area contributed by atoms with E-state index in [0.717, 1.165) is 18.4 Å². The fraction of sp³-hybridized carbons (Fsp3) is 0.545. The van der Waals surface area contributed by atoms with Crippen LogP contribution in [0.4, 0.5) is 0 Å². The lowest BCUT2D eigenvalue weighted by atomic mass is 9.86. The van der Waals surface area contributed by atoms with E-state index >= 15 is 0 Å². The number of hydrogen-bond acceptors (Lipinski definition) is 3. The lowest BCUT2D eigenvalue weighted by Crippen LogP contribution is -2.17. The number of esters is 1. The van der Waals surface area contributed by atoms with E-state index in [9.17, 15) is 4.79 Å². The molecule has 0 fully saturated rings. The van der Waals surface area contributed by atoms with Crippen LogP contribution in [0.25, 0.3) is 0 Å². The van der Waals surface area contributed by atoms with Gasteiger partial charge >= 0.3 is 5.97 Å². The highest BCUT2D eigenvalue weighted by atomic mass is 16.5. The van der Waals surface area contributed by atoms with Gasteiger partial charge in [-0.1, -0.05) is 71.2 Å². The minimum atomic E-state index is -0.295. The smallest absolute Gasteiger partial charge is 0.306 e. The first kappa shape index (κ1) is 20.2. The van der Waals surface area contributed by atoms with Crippen molar-refractivity contribution < 1.29 is 9.53 Å². The molecule has 0 bridgehead atoms. The third-order valence-corrected chi connectivity index (χ3v) is 4.59. The van der Waals surface area contributed by atoms with E-state index in [-0.39, 0.29) is 17.5 Å². The number of ether oxygens (including phenoxy) is 1. The maximum atomic E-state index is 12.3. The minimum Gasteiger partial charge on any atom is -0.456 e. The SMILES string of the molecule is CCCCCCC(=O)OC(Cn1ccnc1)c1ccc(C(C)(C)C)cc1. The van der Waals surface area contributed by atoms with Crippen LogP contribution in [-0.4, -0.2) is 15.5 Å². The number of carbonyl (C=O) groups is 1. The van der Waals surface area contributed by atoms with Crippen LogP contribution in [0.15, 0.2) is 43.0 Å². The zero-order chi connectivity index (χ0) is 19.0. The highest BCUT2D eigenvalue weighted by molar-refractivity contribution is 5.69. The van der Waals surface area contributed by atoms with Gasteiger partial charge in [-0.05, 0) is 23.0 Å². The molecule has 0 aliphatic rings. The van der Waals surface area contributed by atoms with Gasteiger partial charge in [0.1, 0.15) is 6.10 Å². The average Bonchev–Trinajstić information content (AvgIpc) is 3.11. The molecule has 1 aromatic heterocycles. The molecule has 0 radical (unpaired) electrons. The van der Waals surface area contributed by atoms with Crippen LogP contribution in [0.5, 0.6) is 0 Å². The van der Waals surface area contributed by atoms with Gasteiger partial charge in [0.25, 0.3) is 0 Å². The van der Waals surface area contributed by atoms with Gasteiger partial charge in [0.2, 0.25) is 0 Å². The number of aromatic nitrogens is 2. The van der Waals surface area contributed by atoms with E-state index < -0.39 is 0 Å². The topological polar surface area (TPSA) is 44.1 Å². The molecule has 0 aliphatic carbocycles. The summed E-state index contributed by atoms with van der Waals surface area (Å²) in [6, 6.07) is 8.41. The molecule has 0 aliphatic heterocycles. The Balaban J connectivity index is 2.07. The lowest BCUT2D eigenvalue weighted by Gasteiger charge is -2.22. The molecule has 1 aromatic carbocycles. The molecule has 26 heavy (non-hydrogen) atoms. The predicted octanol–water partition coefficient (Wildman–Crippen LogP) is 5.44. The van der Waals surface area contributed by atoms with Crippen LogP contribution in [-0.2, 0) is 21.5 Å². The molecule has 0 amide bonds. The van der Waals surface area contributed by atoms with Gasteiger partial charge in [-0.15, -0.1) is 0 Å². The Hall–Kier alpha value is -2.10. The number of unbranched alkanes of at least 4 members (excludes halogenated alkanes) is 3. The van der Waals surface area contributed by atoms with Crippen molar-refractivity contribution in [1.82, 2.24) is 9.55 Å². The second-order valence-electron chi connectivity index (χ2n) is 7.92. The van der Waals surface area contributed by atoms with Gasteiger partial charge < -0.3 is 9.30 Å². The molecule has 0 N–H and O–H groups in total. The van der Waals surface area contributed by atoms with Crippen molar-refractivity contribution in [1.29, 1.82) is 0 Å². The number of nitrogens with zero attached hydrogens (tertiary/aromatic N) is 2. The lowest BCUT2D eigenvalue weighted by molar-refractivity contribution is -0.150. The van der Waals surface area contributed by atoms with Gasteiger partial charge in [-0.3, -0.25) is 4.79 Å². The van der Waals surface area contributed by atoms with Crippen LogP contribution in [0, 0.1) is 0 Å². The summed E-state index contributed by atoms with van der Waals surface area (Å²) in [5, 5.41) is 0. The Morgan fingerprint density at radius 1 is 1.15 bits per heavy atom. The summed E-state index contributed by atoms with van der Waals surface area (Å²) in [5.74, 6) is -0.119. The zero-order valence-electron chi connectivity index (χ0n) is 16.6. The van der Waals surface area contributed by atoms with Gasteiger partial charge in [0.05, 0.1) is 12.9 Å². The number of hydrogen-bond donors (Lipinski definition) is 0. The molecule has 2 aromatic rings. The number of imidazole rings is 1. The standard InChI is InChI=1S/C22H32N2O2/c1-5-6-7-8-9-21(25)26-20(16-24-15-14-23-17-24)18-10-12-19(13-11-18)22(2,3)4/h10-15,17,20H,5-9,16H2,1-4H3. The maximum Gasteiger partial charge on any atom is 0.306 e. The molecule has 1 atom stereocenters. The van der Waals surface area contributed by atoms with E-state index in [1.165, 1.54) is 18.4 Å². The quantitative estimate of drug-likeness (QED) is 0.444. The normalized spacial score (nSPS) is 12.8. The molecule has 142 valence electrons. The van der Waals surface area contributed by atoms with E-state index in [1.807, 2.05) is 10.8 Å². The number of rotatable bonds is 9. The summed E-state index contributed by atoms with van der Waals surface area (Å²) >= 11 is 0. The molecule has 0 spiro atoms. The fourth-order valence-electron chi connectivity index (χ4n) is 2.91. The first-order valence-corrected chi connectivity index (χ1v) is 9.66. The molecular weight excluding hydrogens is 324 g/mol. The number of benzene rings is 1. The van der Waals surface area contributed by atoms with Crippen LogP contribution in [0.1, 0.15) is 77.0 Å². The first-order valence-electron chi connectivity index (χ1n) is 9.66. The Morgan fingerprint density at radius 2 is 1.88 bits per heavy atom. The van der Waals surface area contributed by atoms with E-state index in [1.54, 1.807) is 12.5 Å². The second-order valence-corrected chi connectivity index (χ2v) is 7.92. The molecule has 1 unspecified atom stereocenters. The Morgan fingerprint density at radius 3 is 2.46 bits per heavy atom. The molecule has 1 heterocycles. The highest BCUT2D eigenvalue weighted by Gasteiger charge is 2.19. The van der Waals surface area contributed by atoms with Gasteiger partial charge in [0, 0.05) is 18.8 Å². The molecule has 0 saturated carbocycles. The maximum absolute atomic E-state index is 12.3. The summed E-state index contributed by atoms with van der Waals surface area (Å²) in [6.07, 6.45) is 9.89. The molecule has 2 rings (SSSR count). The monoisotopic (exact) mass is 356 g/mol. The van der Waals surface area contributed by atoms with Crippen LogP contribution in [0.3, 0.4) is 0 Å². The number of carbonyl (C=O) groups excluding carboxylic acids is 1. The fourth-order valence-corrected chi connectivity index (χ4v) is 2.91. The predicted molar refractivity (Wildman–Crippen MR) is 105 cm³/mol. The third-order valence-electron chi connectivity index (χ3n) is 4.59. The largest absolute Gasteiger partial charge is 0.456 e. The van der Waals surface area contributed by atoms with Crippen molar-refractivity contribution in [3.63, 3.8) is 0 Å². The van der Waals surface area contributed by atoms with Crippen LogP contribution in [0.2, 0.25) is 0 Å². The Labute approximate surface area is 157 Å². The Bertz CT molecular complexity index is 654. The van der Waals surface area contributed by atoms with Crippen molar-refractivity contribution >= 4 is 5.97 Å².